The highest BCUT2D eigenvalue weighted by Gasteiger charge is 2.44. The molecule has 2 bridgehead atoms. The Bertz CT molecular complexity index is 377. The van der Waals surface area contributed by atoms with E-state index in [-0.39, 0.29) is 24.6 Å². The Morgan fingerprint density at radius 1 is 1.20 bits per heavy atom. The molecule has 114 valence electrons. The van der Waals surface area contributed by atoms with Crippen LogP contribution in [0.1, 0.15) is 40.0 Å². The van der Waals surface area contributed by atoms with E-state index in [1.54, 1.807) is 0 Å². The number of fused-ring (bicyclic) bond motifs is 2. The minimum Gasteiger partial charge on any atom is -0.481 e. The van der Waals surface area contributed by atoms with Crippen LogP contribution in [-0.4, -0.2) is 64.3 Å². The van der Waals surface area contributed by atoms with Crippen LogP contribution in [0, 0.1) is 0 Å². The Kier molecular flexibility index (Phi) is 4.22. The van der Waals surface area contributed by atoms with Crippen molar-refractivity contribution in [1.29, 1.82) is 0 Å². The maximum Gasteiger partial charge on any atom is 0.410 e. The summed E-state index contributed by atoms with van der Waals surface area (Å²) in [4.78, 5) is 26.9. The monoisotopic (exact) mass is 284 g/mol. The quantitative estimate of drug-likeness (QED) is 0.851. The Hall–Kier alpha value is -1.30. The molecule has 1 amide bonds. The number of likely N-dealkylation sites (tertiary alicyclic amines) is 1. The van der Waals surface area contributed by atoms with Crippen molar-refractivity contribution >= 4 is 12.1 Å². The second-order valence-corrected chi connectivity index (χ2v) is 6.68. The third kappa shape index (κ3) is 3.62. The van der Waals surface area contributed by atoms with Gasteiger partial charge in [0.2, 0.25) is 0 Å². The Morgan fingerprint density at radius 3 is 2.20 bits per heavy atom. The highest BCUT2D eigenvalue weighted by molar-refractivity contribution is 5.70. The molecule has 2 unspecified atom stereocenters. The number of carbonyl (C=O) groups excluding carboxylic acids is 1. The van der Waals surface area contributed by atoms with E-state index in [0.717, 1.165) is 25.9 Å². The standard InChI is InChI=1S/C14H24N2O4/c1-14(2,3)20-13(19)16-10-4-5-11(16)9-15(8-10)7-6-12(17)18/h10-11H,4-9H2,1-3H3,(H,17,18). The molecule has 1 N–H and O–H groups in total. The topological polar surface area (TPSA) is 70.1 Å². The van der Waals surface area contributed by atoms with Gasteiger partial charge in [-0.05, 0) is 33.6 Å². The highest BCUT2D eigenvalue weighted by atomic mass is 16.6. The van der Waals surface area contributed by atoms with E-state index in [1.807, 2.05) is 25.7 Å². The van der Waals surface area contributed by atoms with Gasteiger partial charge in [0.25, 0.3) is 0 Å². The maximum atomic E-state index is 12.2. The lowest BCUT2D eigenvalue weighted by Gasteiger charge is -2.41. The Balaban J connectivity index is 1.93. The second kappa shape index (κ2) is 5.60. The van der Waals surface area contributed by atoms with Gasteiger partial charge in [-0.15, -0.1) is 0 Å². The number of carboxylic acids is 1. The van der Waals surface area contributed by atoms with Gasteiger partial charge in [-0.25, -0.2) is 4.79 Å². The Morgan fingerprint density at radius 2 is 1.75 bits per heavy atom. The molecule has 0 aliphatic carbocycles. The summed E-state index contributed by atoms with van der Waals surface area (Å²) in [6.07, 6.45) is 1.88. The van der Waals surface area contributed by atoms with Crippen LogP contribution in [0.25, 0.3) is 0 Å². The molecule has 2 fully saturated rings. The van der Waals surface area contributed by atoms with Crippen LogP contribution in [0.4, 0.5) is 4.79 Å². The summed E-state index contributed by atoms with van der Waals surface area (Å²) >= 11 is 0. The van der Waals surface area contributed by atoms with Crippen molar-refractivity contribution < 1.29 is 19.4 Å². The van der Waals surface area contributed by atoms with E-state index in [0.29, 0.717) is 6.54 Å². The van der Waals surface area contributed by atoms with Crippen LogP contribution in [0.5, 0.6) is 0 Å². The van der Waals surface area contributed by atoms with E-state index in [9.17, 15) is 9.59 Å². The fraction of sp³-hybridized carbons (Fsp3) is 0.857. The number of ether oxygens (including phenoxy) is 1. The van der Waals surface area contributed by atoms with Gasteiger partial charge in [0.1, 0.15) is 5.60 Å². The molecular formula is C14H24N2O4. The minimum atomic E-state index is -0.771. The predicted octanol–water partition coefficient (Wildman–Crippen LogP) is 1.54. The van der Waals surface area contributed by atoms with Crippen LogP contribution in [-0.2, 0) is 9.53 Å². The van der Waals surface area contributed by atoms with E-state index < -0.39 is 11.6 Å². The molecule has 2 atom stereocenters. The molecule has 0 aromatic heterocycles. The highest BCUT2D eigenvalue weighted by Crippen LogP contribution is 2.31. The average molecular weight is 284 g/mol. The number of rotatable bonds is 3. The fourth-order valence-corrected chi connectivity index (χ4v) is 3.04. The molecule has 2 saturated heterocycles. The lowest BCUT2D eigenvalue weighted by atomic mass is 10.2. The van der Waals surface area contributed by atoms with E-state index in [2.05, 4.69) is 4.90 Å². The number of carboxylic acid groups (broad SMARTS) is 1. The lowest BCUT2D eigenvalue weighted by molar-refractivity contribution is -0.137. The first-order chi connectivity index (χ1) is 9.26. The summed E-state index contributed by atoms with van der Waals surface area (Å²) in [6, 6.07) is 0.329. The maximum absolute atomic E-state index is 12.2. The van der Waals surface area contributed by atoms with Crippen molar-refractivity contribution in [2.24, 2.45) is 0 Å². The largest absolute Gasteiger partial charge is 0.481 e. The van der Waals surface area contributed by atoms with E-state index in [1.165, 1.54) is 0 Å². The van der Waals surface area contributed by atoms with Gasteiger partial charge in [0.05, 0.1) is 6.42 Å². The number of hydrogen-bond donors (Lipinski definition) is 1. The number of amides is 1. The van der Waals surface area contributed by atoms with Crippen molar-refractivity contribution in [2.45, 2.75) is 57.7 Å². The third-order valence-corrected chi connectivity index (χ3v) is 3.80. The number of carbonyl (C=O) groups is 2. The molecule has 2 rings (SSSR count). The molecule has 0 aromatic carbocycles. The number of hydrogen-bond acceptors (Lipinski definition) is 4. The summed E-state index contributed by atoms with van der Waals surface area (Å²) in [5, 5.41) is 8.75. The van der Waals surface area contributed by atoms with Crippen molar-refractivity contribution in [3.05, 3.63) is 0 Å². The molecule has 2 aliphatic heterocycles. The minimum absolute atomic E-state index is 0.159. The molecule has 2 heterocycles. The number of nitrogens with zero attached hydrogens (tertiary/aromatic N) is 2. The van der Waals surface area contributed by atoms with Crippen molar-refractivity contribution in [3.8, 4) is 0 Å². The smallest absolute Gasteiger partial charge is 0.410 e. The molecule has 6 nitrogen and oxygen atoms in total. The summed E-state index contributed by atoms with van der Waals surface area (Å²) < 4.78 is 5.47. The van der Waals surface area contributed by atoms with Gasteiger partial charge >= 0.3 is 12.1 Å². The van der Waals surface area contributed by atoms with E-state index in [4.69, 9.17) is 9.84 Å². The first-order valence-corrected chi connectivity index (χ1v) is 7.22. The van der Waals surface area contributed by atoms with Crippen LogP contribution < -0.4 is 0 Å². The average Bonchev–Trinajstić information content (AvgIpc) is 2.56. The Labute approximate surface area is 119 Å². The van der Waals surface area contributed by atoms with Crippen LogP contribution >= 0.6 is 0 Å². The van der Waals surface area contributed by atoms with Gasteiger partial charge in [-0.3, -0.25) is 14.6 Å². The van der Waals surface area contributed by atoms with Gasteiger partial charge in [0, 0.05) is 31.7 Å². The zero-order chi connectivity index (χ0) is 14.9. The van der Waals surface area contributed by atoms with Crippen LogP contribution in [0.2, 0.25) is 0 Å². The lowest BCUT2D eigenvalue weighted by Crippen LogP contribution is -2.56. The van der Waals surface area contributed by atoms with Gasteiger partial charge in [-0.1, -0.05) is 0 Å². The molecular weight excluding hydrogens is 260 g/mol. The first kappa shape index (κ1) is 15.1. The molecule has 0 radical (unpaired) electrons. The summed E-state index contributed by atoms with van der Waals surface area (Å²) in [7, 11) is 0. The van der Waals surface area contributed by atoms with E-state index >= 15 is 0 Å². The summed E-state index contributed by atoms with van der Waals surface area (Å²) in [6.45, 7) is 7.68. The number of aliphatic carboxylic acids is 1. The third-order valence-electron chi connectivity index (χ3n) is 3.80. The molecule has 0 aromatic rings. The zero-order valence-electron chi connectivity index (χ0n) is 12.5. The van der Waals surface area contributed by atoms with Gasteiger partial charge in [0.15, 0.2) is 0 Å². The number of piperazine rings is 1. The summed E-state index contributed by atoms with van der Waals surface area (Å²) in [5.41, 5.74) is -0.475. The van der Waals surface area contributed by atoms with Crippen LogP contribution in [0.15, 0.2) is 0 Å². The van der Waals surface area contributed by atoms with Crippen molar-refractivity contribution in [1.82, 2.24) is 9.80 Å². The molecule has 6 heteroatoms. The van der Waals surface area contributed by atoms with Crippen molar-refractivity contribution in [2.75, 3.05) is 19.6 Å². The zero-order valence-corrected chi connectivity index (χ0v) is 12.5. The van der Waals surface area contributed by atoms with Crippen LogP contribution in [0.3, 0.4) is 0 Å². The van der Waals surface area contributed by atoms with Gasteiger partial charge in [-0.2, -0.15) is 0 Å². The molecule has 2 aliphatic rings. The molecule has 0 saturated carbocycles. The van der Waals surface area contributed by atoms with Crippen molar-refractivity contribution in [3.63, 3.8) is 0 Å². The SMILES string of the molecule is CC(C)(C)OC(=O)N1C2CCC1CN(CCC(=O)O)C2. The molecule has 20 heavy (non-hydrogen) atoms. The normalized spacial score (nSPS) is 26.6. The van der Waals surface area contributed by atoms with Gasteiger partial charge < -0.3 is 9.84 Å². The predicted molar refractivity (Wildman–Crippen MR) is 73.6 cm³/mol. The molecule has 0 spiro atoms. The fourth-order valence-electron chi connectivity index (χ4n) is 3.04. The summed E-state index contributed by atoms with van der Waals surface area (Å²) in [5.74, 6) is -0.771. The second-order valence-electron chi connectivity index (χ2n) is 6.68. The first-order valence-electron chi connectivity index (χ1n) is 7.22.